The van der Waals surface area contributed by atoms with Crippen molar-refractivity contribution in [2.75, 3.05) is 0 Å². The molecule has 0 aliphatic rings. The van der Waals surface area contributed by atoms with Crippen molar-refractivity contribution in [3.63, 3.8) is 0 Å². The molecule has 0 atom stereocenters. The van der Waals surface area contributed by atoms with Crippen LogP contribution in [0.15, 0.2) is 27.6 Å². The van der Waals surface area contributed by atoms with Crippen LogP contribution in [0, 0.1) is 6.92 Å². The molecule has 4 nitrogen and oxygen atoms in total. The smallest absolute Gasteiger partial charge is 0.212 e. The number of nitrogens with zero attached hydrogens (tertiary/aromatic N) is 1. The Labute approximate surface area is 93.8 Å². The van der Waals surface area contributed by atoms with E-state index in [9.17, 15) is 4.79 Å². The summed E-state index contributed by atoms with van der Waals surface area (Å²) in [5.41, 5.74) is 2.71. The van der Waals surface area contributed by atoms with Crippen LogP contribution >= 0.6 is 0 Å². The molecule has 80 valence electrons. The molecule has 2 rings (SSSR count). The molecular weight excluding hydrogens is 203 g/mol. The van der Waals surface area contributed by atoms with Gasteiger partial charge in [-0.25, -0.2) is 4.99 Å². The van der Waals surface area contributed by atoms with E-state index in [4.69, 9.17) is 4.42 Å². The Bertz CT molecular complexity index is 560. The van der Waals surface area contributed by atoms with E-state index in [0.717, 1.165) is 27.9 Å². The van der Waals surface area contributed by atoms with Crippen LogP contribution in [0.5, 0.6) is 0 Å². The van der Waals surface area contributed by atoms with Crippen molar-refractivity contribution < 1.29 is 9.21 Å². The van der Waals surface area contributed by atoms with E-state index in [1.807, 2.05) is 33.0 Å². The van der Waals surface area contributed by atoms with E-state index < -0.39 is 0 Å². The maximum absolute atomic E-state index is 10.1. The molecule has 5 heteroatoms. The number of hydrogen-bond acceptors (Lipinski definition) is 3. The van der Waals surface area contributed by atoms with Gasteiger partial charge in [-0.2, -0.15) is 0 Å². The molecule has 0 fully saturated rings. The van der Waals surface area contributed by atoms with E-state index in [1.165, 1.54) is 6.34 Å². The molecule has 2 aromatic rings. The van der Waals surface area contributed by atoms with Gasteiger partial charge in [0.25, 0.3) is 0 Å². The number of benzene rings is 1. The number of rotatable bonds is 3. The first-order valence-corrected chi connectivity index (χ1v) is 4.94. The van der Waals surface area contributed by atoms with Gasteiger partial charge in [-0.1, -0.05) is 17.6 Å². The van der Waals surface area contributed by atoms with Crippen molar-refractivity contribution >= 4 is 42.7 Å². The van der Waals surface area contributed by atoms with Gasteiger partial charge >= 0.3 is 0 Å². The third kappa shape index (κ3) is 1.84. The zero-order chi connectivity index (χ0) is 11.5. The van der Waals surface area contributed by atoms with Crippen LogP contribution in [-0.2, 0) is 4.79 Å². The topological polar surface area (TPSA) is 54.6 Å². The summed E-state index contributed by atoms with van der Waals surface area (Å²) in [7, 11) is 2.01. The quantitative estimate of drug-likeness (QED) is 0.348. The summed E-state index contributed by atoms with van der Waals surface area (Å²) >= 11 is 0. The number of carbonyl (C=O) groups excluding carboxylic acids is 1. The second kappa shape index (κ2) is 4.22. The van der Waals surface area contributed by atoms with Gasteiger partial charge < -0.3 is 9.73 Å². The standard InChI is InChI=1S/C11H11BN2O2/c1-7-11(14-5-13-6-15)9-4-8(12)2-3-10(9)16-7/h2-6H,12H2,1H3,(H,13,14,15). The average molecular weight is 214 g/mol. The molecule has 0 saturated heterocycles. The predicted molar refractivity (Wildman–Crippen MR) is 66.5 cm³/mol. The lowest BCUT2D eigenvalue weighted by Crippen LogP contribution is -2.05. The maximum Gasteiger partial charge on any atom is 0.212 e. The lowest BCUT2D eigenvalue weighted by Gasteiger charge is -1.93. The zero-order valence-electron chi connectivity index (χ0n) is 9.15. The van der Waals surface area contributed by atoms with Gasteiger partial charge in [-0.3, -0.25) is 4.79 Å². The molecule has 16 heavy (non-hydrogen) atoms. The molecule has 0 aliphatic carbocycles. The highest BCUT2D eigenvalue weighted by molar-refractivity contribution is 6.33. The van der Waals surface area contributed by atoms with E-state index in [1.54, 1.807) is 0 Å². The molecule has 0 unspecified atom stereocenters. The average Bonchev–Trinajstić information content (AvgIpc) is 2.56. The van der Waals surface area contributed by atoms with Crippen LogP contribution < -0.4 is 10.8 Å². The molecule has 0 aliphatic heterocycles. The lowest BCUT2D eigenvalue weighted by molar-refractivity contribution is -0.108. The first-order valence-electron chi connectivity index (χ1n) is 4.94. The fraction of sp³-hybridized carbons (Fsp3) is 0.0909. The fourth-order valence-corrected chi connectivity index (χ4v) is 1.61. The fourth-order valence-electron chi connectivity index (χ4n) is 1.61. The normalized spacial score (nSPS) is 11.1. The molecule has 0 bridgehead atoms. The number of fused-ring (bicyclic) bond motifs is 1. The highest BCUT2D eigenvalue weighted by Crippen LogP contribution is 2.31. The third-order valence-electron chi connectivity index (χ3n) is 2.32. The Morgan fingerprint density at radius 3 is 3.06 bits per heavy atom. The number of hydrogen-bond donors (Lipinski definition) is 1. The van der Waals surface area contributed by atoms with E-state index in [2.05, 4.69) is 10.3 Å². The van der Waals surface area contributed by atoms with Crippen molar-refractivity contribution in [1.29, 1.82) is 0 Å². The van der Waals surface area contributed by atoms with Gasteiger partial charge in [0, 0.05) is 5.39 Å². The van der Waals surface area contributed by atoms with E-state index >= 15 is 0 Å². The summed E-state index contributed by atoms with van der Waals surface area (Å²) in [6, 6.07) is 5.92. The predicted octanol–water partition coefficient (Wildman–Crippen LogP) is 0.405. The highest BCUT2D eigenvalue weighted by Gasteiger charge is 2.09. The summed E-state index contributed by atoms with van der Waals surface area (Å²) in [6.45, 7) is 1.85. The van der Waals surface area contributed by atoms with E-state index in [0.29, 0.717) is 6.41 Å². The first kappa shape index (κ1) is 10.5. The van der Waals surface area contributed by atoms with Crippen LogP contribution in [0.25, 0.3) is 11.0 Å². The number of furan rings is 1. The molecule has 1 aromatic carbocycles. The maximum atomic E-state index is 10.1. The summed E-state index contributed by atoms with van der Waals surface area (Å²) in [5.74, 6) is 0.740. The van der Waals surface area contributed by atoms with E-state index in [-0.39, 0.29) is 0 Å². The summed E-state index contributed by atoms with van der Waals surface area (Å²) in [5, 5.41) is 3.34. The number of aryl methyl sites for hydroxylation is 1. The summed E-state index contributed by atoms with van der Waals surface area (Å²) in [4.78, 5) is 14.3. The minimum atomic E-state index is 0.576. The van der Waals surface area contributed by atoms with Crippen molar-refractivity contribution in [2.24, 2.45) is 4.99 Å². The molecule has 1 amide bonds. The van der Waals surface area contributed by atoms with Crippen molar-refractivity contribution in [2.45, 2.75) is 6.92 Å². The monoisotopic (exact) mass is 214 g/mol. The zero-order valence-corrected chi connectivity index (χ0v) is 9.15. The summed E-state index contributed by atoms with van der Waals surface area (Å²) in [6.07, 6.45) is 1.93. The van der Waals surface area contributed by atoms with Crippen LogP contribution in [-0.4, -0.2) is 20.6 Å². The molecule has 0 radical (unpaired) electrons. The first-order chi connectivity index (χ1) is 7.72. The minimum Gasteiger partial charge on any atom is -0.459 e. The van der Waals surface area contributed by atoms with Gasteiger partial charge in [0.05, 0.1) is 6.34 Å². The number of amides is 1. The van der Waals surface area contributed by atoms with Crippen LogP contribution in [0.4, 0.5) is 5.69 Å². The second-order valence-electron chi connectivity index (χ2n) is 3.55. The van der Waals surface area contributed by atoms with Crippen molar-refractivity contribution in [3.05, 3.63) is 24.0 Å². The Hall–Kier alpha value is -2.04. The van der Waals surface area contributed by atoms with Gasteiger partial charge in [-0.05, 0) is 13.0 Å². The number of carbonyl (C=O) groups is 1. The van der Waals surface area contributed by atoms with Gasteiger partial charge in [-0.15, -0.1) is 0 Å². The minimum absolute atomic E-state index is 0.576. The molecule has 1 heterocycles. The molecule has 0 spiro atoms. The lowest BCUT2D eigenvalue weighted by atomic mass is 9.95. The highest BCUT2D eigenvalue weighted by atomic mass is 16.3. The molecule has 0 saturated carbocycles. The molecular formula is C11H11BN2O2. The van der Waals surface area contributed by atoms with Crippen molar-refractivity contribution in [1.82, 2.24) is 5.32 Å². The van der Waals surface area contributed by atoms with Crippen molar-refractivity contribution in [3.8, 4) is 0 Å². The molecule has 1 aromatic heterocycles. The Balaban J connectivity index is 2.53. The van der Waals surface area contributed by atoms with Crippen LogP contribution in [0.2, 0.25) is 0 Å². The number of nitrogens with one attached hydrogen (secondary N) is 1. The van der Waals surface area contributed by atoms with Gasteiger partial charge in [0.15, 0.2) is 0 Å². The largest absolute Gasteiger partial charge is 0.459 e. The van der Waals surface area contributed by atoms with Gasteiger partial charge in [0.1, 0.15) is 24.9 Å². The van der Waals surface area contributed by atoms with Gasteiger partial charge in [0.2, 0.25) is 6.41 Å². The number of aliphatic imine (C=N–C) groups is 1. The Kier molecular flexibility index (Phi) is 2.77. The summed E-state index contributed by atoms with van der Waals surface area (Å²) < 4.78 is 5.55. The molecule has 1 N–H and O–H groups in total. The SMILES string of the molecule is Bc1ccc2oc(C)c(/N=C\NC=O)c2c1. The van der Waals surface area contributed by atoms with Crippen LogP contribution in [0.1, 0.15) is 5.76 Å². The third-order valence-corrected chi connectivity index (χ3v) is 2.32. The Morgan fingerprint density at radius 1 is 1.50 bits per heavy atom. The van der Waals surface area contributed by atoms with Crippen LogP contribution in [0.3, 0.4) is 0 Å². The Morgan fingerprint density at radius 2 is 2.31 bits per heavy atom. The second-order valence-corrected chi connectivity index (χ2v) is 3.55.